The highest BCUT2D eigenvalue weighted by molar-refractivity contribution is 5.91. The Kier molecular flexibility index (Phi) is 4.12. The Labute approximate surface area is 150 Å². The van der Waals surface area contributed by atoms with E-state index in [1.54, 1.807) is 37.3 Å². The molecule has 0 atom stereocenters. The average Bonchev–Trinajstić information content (AvgIpc) is 3.04. The number of imidazole rings is 1. The Morgan fingerprint density at radius 2 is 2.00 bits per heavy atom. The van der Waals surface area contributed by atoms with Crippen molar-refractivity contribution in [2.24, 2.45) is 0 Å². The number of hydrogen-bond acceptors (Lipinski definition) is 4. The standard InChI is InChI=1S/C19H20N4O3/c1-25-13-7-8-16(17(9-13)26-2)22-19(24)23-10-12(11-23)18-20-14-5-3-4-6-15(14)21-18/h3-9,12H,10-11H2,1-2H3,(H,20,21)(H,22,24). The molecule has 0 unspecified atom stereocenters. The molecule has 0 aliphatic carbocycles. The summed E-state index contributed by atoms with van der Waals surface area (Å²) in [5.74, 6) is 2.39. The van der Waals surface area contributed by atoms with E-state index in [1.165, 1.54) is 0 Å². The van der Waals surface area contributed by atoms with E-state index in [0.717, 1.165) is 16.9 Å². The number of fused-ring (bicyclic) bond motifs is 1. The van der Waals surface area contributed by atoms with Crippen LogP contribution in [0.2, 0.25) is 0 Å². The van der Waals surface area contributed by atoms with Gasteiger partial charge in [0, 0.05) is 19.2 Å². The van der Waals surface area contributed by atoms with Gasteiger partial charge in [0.1, 0.15) is 17.3 Å². The first kappa shape index (κ1) is 16.3. The van der Waals surface area contributed by atoms with Crippen LogP contribution in [0.15, 0.2) is 42.5 Å². The molecule has 134 valence electrons. The number of H-pyrrole nitrogens is 1. The first-order valence-corrected chi connectivity index (χ1v) is 8.40. The molecular weight excluding hydrogens is 332 g/mol. The minimum atomic E-state index is -0.152. The molecule has 0 spiro atoms. The van der Waals surface area contributed by atoms with Crippen molar-refractivity contribution in [3.63, 3.8) is 0 Å². The molecule has 1 saturated heterocycles. The van der Waals surface area contributed by atoms with Crippen LogP contribution in [0.4, 0.5) is 10.5 Å². The number of likely N-dealkylation sites (tertiary alicyclic amines) is 1. The smallest absolute Gasteiger partial charge is 0.321 e. The topological polar surface area (TPSA) is 79.5 Å². The van der Waals surface area contributed by atoms with Crippen molar-refractivity contribution in [1.29, 1.82) is 0 Å². The Morgan fingerprint density at radius 3 is 2.73 bits per heavy atom. The number of aromatic amines is 1. The van der Waals surface area contributed by atoms with Crippen LogP contribution in [0.3, 0.4) is 0 Å². The van der Waals surface area contributed by atoms with Crippen molar-refractivity contribution < 1.29 is 14.3 Å². The van der Waals surface area contributed by atoms with Gasteiger partial charge in [0.05, 0.1) is 36.9 Å². The summed E-state index contributed by atoms with van der Waals surface area (Å²) in [7, 11) is 3.15. The Morgan fingerprint density at radius 1 is 1.19 bits per heavy atom. The summed E-state index contributed by atoms with van der Waals surface area (Å²) in [4.78, 5) is 22.2. The lowest BCUT2D eigenvalue weighted by Gasteiger charge is -2.38. The molecule has 7 heteroatoms. The molecule has 1 fully saturated rings. The van der Waals surface area contributed by atoms with Gasteiger partial charge in [-0.3, -0.25) is 0 Å². The second-order valence-electron chi connectivity index (χ2n) is 6.24. The van der Waals surface area contributed by atoms with Crippen LogP contribution in [-0.2, 0) is 0 Å². The minimum Gasteiger partial charge on any atom is -0.497 e. The van der Waals surface area contributed by atoms with Gasteiger partial charge in [-0.1, -0.05) is 12.1 Å². The Balaban J connectivity index is 1.40. The monoisotopic (exact) mass is 352 g/mol. The third-order valence-corrected chi connectivity index (χ3v) is 4.61. The summed E-state index contributed by atoms with van der Waals surface area (Å²) in [5.41, 5.74) is 2.59. The van der Waals surface area contributed by atoms with Crippen molar-refractivity contribution in [2.75, 3.05) is 32.6 Å². The first-order valence-electron chi connectivity index (χ1n) is 8.40. The maximum Gasteiger partial charge on any atom is 0.321 e. The van der Waals surface area contributed by atoms with Crippen LogP contribution >= 0.6 is 0 Å². The quantitative estimate of drug-likeness (QED) is 0.756. The second-order valence-corrected chi connectivity index (χ2v) is 6.24. The van der Waals surface area contributed by atoms with E-state index in [0.29, 0.717) is 30.3 Å². The molecule has 0 radical (unpaired) electrons. The summed E-state index contributed by atoms with van der Waals surface area (Å²) in [6.45, 7) is 1.26. The molecule has 1 aromatic heterocycles. The second kappa shape index (κ2) is 6.59. The van der Waals surface area contributed by atoms with E-state index in [4.69, 9.17) is 9.47 Å². The maximum absolute atomic E-state index is 12.5. The van der Waals surface area contributed by atoms with Crippen LogP contribution in [0.25, 0.3) is 11.0 Å². The van der Waals surface area contributed by atoms with Crippen molar-refractivity contribution in [3.8, 4) is 11.5 Å². The molecular formula is C19H20N4O3. The number of carbonyl (C=O) groups is 1. The number of methoxy groups -OCH3 is 2. The lowest BCUT2D eigenvalue weighted by Crippen LogP contribution is -2.50. The van der Waals surface area contributed by atoms with Gasteiger partial charge in [0.15, 0.2) is 0 Å². The van der Waals surface area contributed by atoms with Crippen molar-refractivity contribution >= 4 is 22.8 Å². The number of hydrogen-bond donors (Lipinski definition) is 2. The zero-order valence-corrected chi connectivity index (χ0v) is 14.7. The number of amides is 2. The van der Waals surface area contributed by atoms with Gasteiger partial charge < -0.3 is 24.7 Å². The van der Waals surface area contributed by atoms with E-state index in [2.05, 4.69) is 15.3 Å². The number of nitrogens with one attached hydrogen (secondary N) is 2. The number of nitrogens with zero attached hydrogens (tertiary/aromatic N) is 2. The van der Waals surface area contributed by atoms with Gasteiger partial charge >= 0.3 is 6.03 Å². The van der Waals surface area contributed by atoms with Crippen LogP contribution < -0.4 is 14.8 Å². The number of carbonyl (C=O) groups excluding carboxylic acids is 1. The summed E-state index contributed by atoms with van der Waals surface area (Å²) in [6.07, 6.45) is 0. The number of benzene rings is 2. The summed E-state index contributed by atoms with van der Waals surface area (Å²) in [6, 6.07) is 13.1. The molecule has 7 nitrogen and oxygen atoms in total. The van der Waals surface area contributed by atoms with Gasteiger partial charge in [-0.25, -0.2) is 9.78 Å². The highest BCUT2D eigenvalue weighted by Gasteiger charge is 2.34. The molecule has 0 bridgehead atoms. The Hall–Kier alpha value is -3.22. The predicted molar refractivity (Wildman–Crippen MR) is 99.0 cm³/mol. The third kappa shape index (κ3) is 2.92. The van der Waals surface area contributed by atoms with Gasteiger partial charge in [0.2, 0.25) is 0 Å². The molecule has 2 heterocycles. The molecule has 0 saturated carbocycles. The molecule has 1 aliphatic heterocycles. The van der Waals surface area contributed by atoms with Crippen LogP contribution in [0, 0.1) is 0 Å². The van der Waals surface area contributed by atoms with Crippen molar-refractivity contribution in [2.45, 2.75) is 5.92 Å². The normalized spacial score (nSPS) is 14.2. The molecule has 3 aromatic rings. The minimum absolute atomic E-state index is 0.152. The van der Waals surface area contributed by atoms with Crippen molar-refractivity contribution in [1.82, 2.24) is 14.9 Å². The fourth-order valence-corrected chi connectivity index (χ4v) is 3.08. The van der Waals surface area contributed by atoms with Crippen LogP contribution in [0.1, 0.15) is 11.7 Å². The SMILES string of the molecule is COc1ccc(NC(=O)N2CC(c3nc4ccccc4[nH]3)C2)c(OC)c1. The largest absolute Gasteiger partial charge is 0.497 e. The zero-order chi connectivity index (χ0) is 18.1. The van der Waals surface area contributed by atoms with Gasteiger partial charge in [0.25, 0.3) is 0 Å². The molecule has 2 aromatic carbocycles. The van der Waals surface area contributed by atoms with E-state index in [1.807, 2.05) is 24.3 Å². The third-order valence-electron chi connectivity index (χ3n) is 4.61. The Bertz CT molecular complexity index is 914. The lowest BCUT2D eigenvalue weighted by atomic mass is 10.0. The number of rotatable bonds is 4. The number of anilines is 1. The zero-order valence-electron chi connectivity index (χ0n) is 14.7. The van der Waals surface area contributed by atoms with E-state index >= 15 is 0 Å². The van der Waals surface area contributed by atoms with E-state index < -0.39 is 0 Å². The fourth-order valence-electron chi connectivity index (χ4n) is 3.08. The average molecular weight is 352 g/mol. The van der Waals surface area contributed by atoms with E-state index in [-0.39, 0.29) is 11.9 Å². The molecule has 26 heavy (non-hydrogen) atoms. The number of para-hydroxylation sites is 2. The number of urea groups is 1. The summed E-state index contributed by atoms with van der Waals surface area (Å²) in [5, 5.41) is 2.89. The van der Waals surface area contributed by atoms with Crippen LogP contribution in [0.5, 0.6) is 11.5 Å². The molecule has 1 aliphatic rings. The fraction of sp³-hybridized carbons (Fsp3) is 0.263. The predicted octanol–water partition coefficient (Wildman–Crippen LogP) is 3.21. The maximum atomic E-state index is 12.5. The van der Waals surface area contributed by atoms with Gasteiger partial charge in [-0.05, 0) is 24.3 Å². The van der Waals surface area contributed by atoms with Gasteiger partial charge in [-0.2, -0.15) is 0 Å². The van der Waals surface area contributed by atoms with Gasteiger partial charge in [-0.15, -0.1) is 0 Å². The number of ether oxygens (including phenoxy) is 2. The van der Waals surface area contributed by atoms with Crippen molar-refractivity contribution in [3.05, 3.63) is 48.3 Å². The number of aromatic nitrogens is 2. The van der Waals surface area contributed by atoms with Crippen LogP contribution in [-0.4, -0.2) is 48.2 Å². The first-order chi connectivity index (χ1) is 12.7. The molecule has 4 rings (SSSR count). The lowest BCUT2D eigenvalue weighted by molar-refractivity contribution is 0.161. The highest BCUT2D eigenvalue weighted by atomic mass is 16.5. The van der Waals surface area contributed by atoms with E-state index in [9.17, 15) is 4.79 Å². The summed E-state index contributed by atoms with van der Waals surface area (Å²) < 4.78 is 10.5. The highest BCUT2D eigenvalue weighted by Crippen LogP contribution is 2.31. The molecule has 2 N–H and O–H groups in total. The molecule has 2 amide bonds. The summed E-state index contributed by atoms with van der Waals surface area (Å²) >= 11 is 0.